The first kappa shape index (κ1) is 25.2. The number of esters is 1. The van der Waals surface area contributed by atoms with Crippen LogP contribution in [0.3, 0.4) is 0 Å². The van der Waals surface area contributed by atoms with E-state index < -0.39 is 16.1 Å². The SMILES string of the molecule is C=C(C)C(=O)OCCOCC[N+](CC)(CC)CCCS(=O)(=O)O.[OH-]. The zero-order valence-corrected chi connectivity index (χ0v) is 15.7. The van der Waals surface area contributed by atoms with Crippen molar-refractivity contribution in [2.24, 2.45) is 0 Å². The van der Waals surface area contributed by atoms with Crippen LogP contribution in [0.5, 0.6) is 0 Å². The lowest BCUT2D eigenvalue weighted by atomic mass is 10.3. The highest BCUT2D eigenvalue weighted by Gasteiger charge is 2.23. The van der Waals surface area contributed by atoms with Crippen molar-refractivity contribution in [2.75, 3.05) is 51.8 Å². The molecule has 0 amide bonds. The molecule has 0 spiro atoms. The molecule has 24 heavy (non-hydrogen) atoms. The van der Waals surface area contributed by atoms with Crippen molar-refractivity contribution < 1.29 is 37.2 Å². The molecule has 0 aromatic rings. The van der Waals surface area contributed by atoms with E-state index in [4.69, 9.17) is 14.0 Å². The highest BCUT2D eigenvalue weighted by molar-refractivity contribution is 7.85. The summed E-state index contributed by atoms with van der Waals surface area (Å²) in [5.74, 6) is -0.642. The van der Waals surface area contributed by atoms with Crippen LogP contribution in [0.4, 0.5) is 0 Å². The lowest BCUT2D eigenvalue weighted by Crippen LogP contribution is -2.50. The second-order valence-electron chi connectivity index (χ2n) is 5.59. The predicted molar refractivity (Wildman–Crippen MR) is 90.6 cm³/mol. The van der Waals surface area contributed by atoms with Crippen molar-refractivity contribution in [1.29, 1.82) is 0 Å². The molecule has 0 radical (unpaired) electrons. The van der Waals surface area contributed by atoms with Gasteiger partial charge in [0.15, 0.2) is 0 Å². The number of nitrogens with zero attached hydrogens (tertiary/aromatic N) is 1. The minimum absolute atomic E-state index is 0. The number of ether oxygens (including phenoxy) is 2. The van der Waals surface area contributed by atoms with Crippen LogP contribution in [-0.2, 0) is 24.4 Å². The fraction of sp³-hybridized carbons (Fsp3) is 0.800. The molecule has 0 aromatic carbocycles. The summed E-state index contributed by atoms with van der Waals surface area (Å²) in [4.78, 5) is 11.2. The molecule has 0 bridgehead atoms. The minimum Gasteiger partial charge on any atom is -0.870 e. The highest BCUT2D eigenvalue weighted by Crippen LogP contribution is 2.08. The molecule has 144 valence electrons. The maximum Gasteiger partial charge on any atom is 0.333 e. The van der Waals surface area contributed by atoms with Gasteiger partial charge in [-0.2, -0.15) is 8.42 Å². The van der Waals surface area contributed by atoms with Crippen molar-refractivity contribution in [2.45, 2.75) is 27.2 Å². The molecule has 0 atom stereocenters. The van der Waals surface area contributed by atoms with Crippen molar-refractivity contribution in [3.8, 4) is 0 Å². The summed E-state index contributed by atoms with van der Waals surface area (Å²) >= 11 is 0. The van der Waals surface area contributed by atoms with Crippen molar-refractivity contribution in [3.63, 3.8) is 0 Å². The van der Waals surface area contributed by atoms with Gasteiger partial charge >= 0.3 is 5.97 Å². The van der Waals surface area contributed by atoms with Crippen LogP contribution < -0.4 is 0 Å². The van der Waals surface area contributed by atoms with Gasteiger partial charge in [0.25, 0.3) is 10.1 Å². The Hall–Kier alpha value is -1.00. The number of carbonyl (C=O) groups excluding carboxylic acids is 1. The van der Waals surface area contributed by atoms with Crippen LogP contribution in [-0.4, -0.2) is 80.7 Å². The first-order chi connectivity index (χ1) is 10.7. The zero-order chi connectivity index (χ0) is 17.9. The number of hydrogen-bond acceptors (Lipinski definition) is 6. The topological polar surface area (TPSA) is 120 Å². The third-order valence-electron chi connectivity index (χ3n) is 3.90. The number of carbonyl (C=O) groups is 1. The summed E-state index contributed by atoms with van der Waals surface area (Å²) in [6.07, 6.45) is 0.413. The molecular formula is C15H31NO7S. The molecule has 0 saturated heterocycles. The first-order valence-corrected chi connectivity index (χ1v) is 9.47. The van der Waals surface area contributed by atoms with Crippen LogP contribution in [0.15, 0.2) is 12.2 Å². The summed E-state index contributed by atoms with van der Waals surface area (Å²) in [7, 11) is -3.91. The Morgan fingerprint density at radius 2 is 1.71 bits per heavy atom. The van der Waals surface area contributed by atoms with Gasteiger partial charge in [0.05, 0.1) is 38.6 Å². The van der Waals surface area contributed by atoms with Gasteiger partial charge in [-0.15, -0.1) is 0 Å². The minimum atomic E-state index is -3.91. The Bertz CT molecular complexity index is 472. The Kier molecular flexibility index (Phi) is 13.0. The largest absolute Gasteiger partial charge is 0.870 e. The van der Waals surface area contributed by atoms with Crippen LogP contribution in [0.25, 0.3) is 0 Å². The van der Waals surface area contributed by atoms with Crippen LogP contribution in [0.1, 0.15) is 27.2 Å². The molecule has 0 aliphatic rings. The van der Waals surface area contributed by atoms with E-state index >= 15 is 0 Å². The van der Waals surface area contributed by atoms with Crippen LogP contribution in [0, 0.1) is 0 Å². The van der Waals surface area contributed by atoms with E-state index in [0.717, 1.165) is 24.1 Å². The lowest BCUT2D eigenvalue weighted by molar-refractivity contribution is -0.925. The van der Waals surface area contributed by atoms with Gasteiger partial charge in [-0.1, -0.05) is 6.58 Å². The van der Waals surface area contributed by atoms with Gasteiger partial charge in [0, 0.05) is 12.0 Å². The number of quaternary nitrogens is 1. The normalized spacial score (nSPS) is 11.7. The summed E-state index contributed by atoms with van der Waals surface area (Å²) in [5, 5.41) is 0. The van der Waals surface area contributed by atoms with E-state index in [0.29, 0.717) is 31.8 Å². The Morgan fingerprint density at radius 3 is 2.17 bits per heavy atom. The molecule has 9 heteroatoms. The molecule has 0 aromatic heterocycles. The number of hydrogen-bond donors (Lipinski definition) is 1. The van der Waals surface area contributed by atoms with E-state index in [1.54, 1.807) is 6.92 Å². The van der Waals surface area contributed by atoms with E-state index in [2.05, 4.69) is 6.58 Å². The van der Waals surface area contributed by atoms with E-state index in [-0.39, 0.29) is 17.8 Å². The van der Waals surface area contributed by atoms with Crippen LogP contribution >= 0.6 is 0 Å². The molecular weight excluding hydrogens is 338 g/mol. The first-order valence-electron chi connectivity index (χ1n) is 7.86. The molecule has 8 nitrogen and oxygen atoms in total. The summed E-state index contributed by atoms with van der Waals surface area (Å²) < 4.78 is 41.6. The summed E-state index contributed by atoms with van der Waals surface area (Å²) in [5.41, 5.74) is 0.358. The standard InChI is InChI=1S/C15H29NO6S.H2O/c1-5-16(6-2,8-7-13-23(18,19)20)9-10-21-11-12-22-15(17)14(3)4;/h3,5-13H2,1-2,4H3;1H2. The molecule has 0 unspecified atom stereocenters. The van der Waals surface area contributed by atoms with Crippen LogP contribution in [0.2, 0.25) is 0 Å². The maximum absolute atomic E-state index is 11.2. The van der Waals surface area contributed by atoms with Crippen molar-refractivity contribution in [1.82, 2.24) is 0 Å². The molecule has 0 fully saturated rings. The average molecular weight is 369 g/mol. The Morgan fingerprint density at radius 1 is 1.12 bits per heavy atom. The average Bonchev–Trinajstić information content (AvgIpc) is 2.47. The second-order valence-corrected chi connectivity index (χ2v) is 7.16. The molecule has 0 rings (SSSR count). The van der Waals surface area contributed by atoms with Crippen molar-refractivity contribution in [3.05, 3.63) is 12.2 Å². The van der Waals surface area contributed by atoms with E-state index in [1.165, 1.54) is 0 Å². The molecule has 0 saturated carbocycles. The van der Waals surface area contributed by atoms with E-state index in [1.807, 2.05) is 13.8 Å². The number of rotatable bonds is 13. The molecule has 2 N–H and O–H groups in total. The van der Waals surface area contributed by atoms with Gasteiger partial charge in [-0.05, 0) is 20.8 Å². The smallest absolute Gasteiger partial charge is 0.333 e. The highest BCUT2D eigenvalue weighted by atomic mass is 32.2. The van der Waals surface area contributed by atoms with Gasteiger partial charge in [0.2, 0.25) is 0 Å². The predicted octanol–water partition coefficient (Wildman–Crippen LogP) is 1.08. The van der Waals surface area contributed by atoms with Gasteiger partial charge in [0.1, 0.15) is 13.2 Å². The number of likely N-dealkylation sites (N-methyl/N-ethyl adjacent to an activating group) is 1. The molecule has 0 aliphatic carbocycles. The Labute approximate surface area is 145 Å². The Balaban J connectivity index is 0. The fourth-order valence-electron chi connectivity index (χ4n) is 2.23. The van der Waals surface area contributed by atoms with Gasteiger partial charge in [-0.25, -0.2) is 4.79 Å². The zero-order valence-electron chi connectivity index (χ0n) is 14.9. The third-order valence-corrected chi connectivity index (χ3v) is 4.70. The monoisotopic (exact) mass is 369 g/mol. The summed E-state index contributed by atoms with van der Waals surface area (Å²) in [6, 6.07) is 0. The second kappa shape index (κ2) is 12.4. The molecule has 0 aliphatic heterocycles. The fourth-order valence-corrected chi connectivity index (χ4v) is 2.72. The maximum atomic E-state index is 11.2. The van der Waals surface area contributed by atoms with Crippen molar-refractivity contribution >= 4 is 16.1 Å². The van der Waals surface area contributed by atoms with Gasteiger partial charge in [-0.3, -0.25) is 4.55 Å². The third kappa shape index (κ3) is 11.5. The van der Waals surface area contributed by atoms with E-state index in [9.17, 15) is 13.2 Å². The molecule has 0 heterocycles. The quantitative estimate of drug-likeness (QED) is 0.169. The lowest BCUT2D eigenvalue weighted by Gasteiger charge is -2.36. The summed E-state index contributed by atoms with van der Waals surface area (Å²) in [6.45, 7) is 13.3. The van der Waals surface area contributed by atoms with Gasteiger partial charge < -0.3 is 19.4 Å².